The number of amides is 2. The number of carbonyl (C=O) groups excluding carboxylic acids is 4. The van der Waals surface area contributed by atoms with Gasteiger partial charge in [0.1, 0.15) is 11.7 Å². The highest BCUT2D eigenvalue weighted by Gasteiger charge is 2.25. The van der Waals surface area contributed by atoms with Gasteiger partial charge < -0.3 is 18.9 Å². The quantitative estimate of drug-likeness (QED) is 0.151. The molecule has 2 rings (SSSR count). The number of amidine groups is 2. The van der Waals surface area contributed by atoms with Crippen molar-refractivity contribution < 1.29 is 38.1 Å². The third kappa shape index (κ3) is 12.4. The highest BCUT2D eigenvalue weighted by Crippen LogP contribution is 2.16. The van der Waals surface area contributed by atoms with Gasteiger partial charge in [-0.2, -0.15) is 0 Å². The number of hydrogen-bond acceptors (Lipinski definition) is 10. The molecule has 2 amide bonds. The van der Waals surface area contributed by atoms with Crippen LogP contribution in [0.4, 0.5) is 9.59 Å². The molecule has 0 radical (unpaired) electrons. The Hall–Kier alpha value is -3.18. The number of carbonyl (C=O) groups is 4. The molecule has 12 nitrogen and oxygen atoms in total. The van der Waals surface area contributed by atoms with Crippen molar-refractivity contribution in [2.45, 2.75) is 90.9 Å². The fraction of sp³-hybridized carbons (Fsp3) is 0.769. The maximum absolute atomic E-state index is 12.1. The van der Waals surface area contributed by atoms with Crippen LogP contribution in [-0.2, 0) is 28.5 Å². The molecule has 0 aromatic heterocycles. The third-order valence-corrected chi connectivity index (χ3v) is 6.24. The van der Waals surface area contributed by atoms with Crippen LogP contribution in [0.25, 0.3) is 0 Å². The average molecular weight is 539 g/mol. The van der Waals surface area contributed by atoms with Gasteiger partial charge in [0.05, 0.1) is 26.2 Å². The predicted octanol–water partition coefficient (Wildman–Crippen LogP) is 4.41. The molecule has 0 aromatic carbocycles. The molecule has 0 fully saturated rings. The summed E-state index contributed by atoms with van der Waals surface area (Å²) < 4.78 is 19.2. The van der Waals surface area contributed by atoms with E-state index in [9.17, 15) is 19.2 Å². The zero-order valence-electron chi connectivity index (χ0n) is 22.8. The number of aliphatic imine (C=N–C) groups is 2. The summed E-state index contributed by atoms with van der Waals surface area (Å²) in [7, 11) is 0. The van der Waals surface area contributed by atoms with E-state index in [0.717, 1.165) is 63.0 Å². The summed E-state index contributed by atoms with van der Waals surface area (Å²) >= 11 is 0. The van der Waals surface area contributed by atoms with Crippen molar-refractivity contribution in [2.75, 3.05) is 39.8 Å². The van der Waals surface area contributed by atoms with Gasteiger partial charge in [0.25, 0.3) is 0 Å². The molecular formula is C26H42N4O8. The van der Waals surface area contributed by atoms with Crippen LogP contribution >= 0.6 is 0 Å². The van der Waals surface area contributed by atoms with Crippen LogP contribution in [0.3, 0.4) is 0 Å². The molecule has 0 N–H and O–H groups in total. The molecule has 0 saturated carbocycles. The van der Waals surface area contributed by atoms with Crippen molar-refractivity contribution in [1.82, 2.24) is 9.80 Å². The summed E-state index contributed by atoms with van der Waals surface area (Å²) in [4.78, 5) is 57.6. The minimum absolute atomic E-state index is 0.373. The number of esters is 2. The first-order valence-corrected chi connectivity index (χ1v) is 13.6. The number of nitrogens with zero attached hydrogens (tertiary/aromatic N) is 4. The molecule has 2 aliphatic rings. The van der Waals surface area contributed by atoms with E-state index in [1.54, 1.807) is 0 Å². The van der Waals surface area contributed by atoms with Gasteiger partial charge >= 0.3 is 24.1 Å². The number of rotatable bonds is 17. The Labute approximate surface area is 224 Å². The van der Waals surface area contributed by atoms with Crippen LogP contribution in [0.5, 0.6) is 0 Å². The van der Waals surface area contributed by atoms with Crippen LogP contribution in [-0.4, -0.2) is 85.4 Å². The molecule has 0 saturated heterocycles. The van der Waals surface area contributed by atoms with E-state index in [4.69, 9.17) is 9.47 Å². The lowest BCUT2D eigenvalue weighted by Crippen LogP contribution is -2.35. The average Bonchev–Trinajstić information content (AvgIpc) is 3.54. The second kappa shape index (κ2) is 18.1. The molecule has 0 unspecified atom stereocenters. The molecular weight excluding hydrogens is 496 g/mol. The lowest BCUT2D eigenvalue weighted by Gasteiger charge is -2.17. The van der Waals surface area contributed by atoms with Crippen LogP contribution in [0, 0.1) is 0 Å². The van der Waals surface area contributed by atoms with E-state index in [-0.39, 0.29) is 13.6 Å². The third-order valence-electron chi connectivity index (χ3n) is 6.24. The molecule has 214 valence electrons. The van der Waals surface area contributed by atoms with Crippen molar-refractivity contribution in [3.05, 3.63) is 0 Å². The lowest BCUT2D eigenvalue weighted by atomic mass is 10.0. The Morgan fingerprint density at radius 2 is 0.921 bits per heavy atom. The summed E-state index contributed by atoms with van der Waals surface area (Å²) in [5.41, 5.74) is 0. The zero-order chi connectivity index (χ0) is 27.6. The van der Waals surface area contributed by atoms with Crippen molar-refractivity contribution >= 4 is 35.8 Å². The minimum atomic E-state index is -0.519. The lowest BCUT2D eigenvalue weighted by molar-refractivity contribution is -0.150. The fourth-order valence-corrected chi connectivity index (χ4v) is 4.27. The first-order valence-electron chi connectivity index (χ1n) is 13.6. The SMILES string of the molecule is CC(=O)OCOC(=O)N1CCN=C1CCCCCCCCCCCCC1=NCCN1C(=O)OCOC(C)=O. The van der Waals surface area contributed by atoms with Crippen LogP contribution in [0.1, 0.15) is 90.9 Å². The Morgan fingerprint density at radius 1 is 0.579 bits per heavy atom. The van der Waals surface area contributed by atoms with E-state index in [1.165, 1.54) is 49.3 Å². The maximum Gasteiger partial charge on any atom is 0.418 e. The Balaban J connectivity index is 1.42. The largest absolute Gasteiger partial charge is 0.428 e. The number of unbranched alkanes of at least 4 members (excludes halogenated alkanes) is 9. The van der Waals surface area contributed by atoms with E-state index >= 15 is 0 Å². The normalized spacial score (nSPS) is 14.7. The molecule has 0 aliphatic carbocycles. The first-order chi connectivity index (χ1) is 18.4. The van der Waals surface area contributed by atoms with Gasteiger partial charge in [-0.15, -0.1) is 0 Å². The standard InChI is InChI=1S/C26H42N4O8/c1-21(31)35-19-37-25(33)29-17-15-27-23(29)13-11-9-7-5-3-4-6-8-10-12-14-24-28-16-18-30(24)26(34)38-20-36-22(2)32/h3-20H2,1-2H3. The van der Waals surface area contributed by atoms with E-state index in [0.29, 0.717) is 26.2 Å². The molecule has 0 spiro atoms. The fourth-order valence-electron chi connectivity index (χ4n) is 4.27. The predicted molar refractivity (Wildman–Crippen MR) is 140 cm³/mol. The van der Waals surface area contributed by atoms with Gasteiger partial charge in [0.15, 0.2) is 0 Å². The molecule has 38 heavy (non-hydrogen) atoms. The van der Waals surface area contributed by atoms with Gasteiger partial charge in [-0.1, -0.05) is 51.4 Å². The summed E-state index contributed by atoms with van der Waals surface area (Å²) in [6.07, 6.45) is 11.7. The topological polar surface area (TPSA) is 136 Å². The van der Waals surface area contributed by atoms with Crippen molar-refractivity contribution in [2.24, 2.45) is 9.98 Å². The van der Waals surface area contributed by atoms with Crippen molar-refractivity contribution in [1.29, 1.82) is 0 Å². The highest BCUT2D eigenvalue weighted by molar-refractivity contribution is 5.97. The Morgan fingerprint density at radius 3 is 1.26 bits per heavy atom. The van der Waals surface area contributed by atoms with Crippen LogP contribution < -0.4 is 0 Å². The minimum Gasteiger partial charge on any atom is -0.428 e. The van der Waals surface area contributed by atoms with Gasteiger partial charge in [-0.05, 0) is 12.8 Å². The summed E-state index contributed by atoms with van der Waals surface area (Å²) in [5, 5.41) is 0. The van der Waals surface area contributed by atoms with Crippen LogP contribution in [0.2, 0.25) is 0 Å². The molecule has 0 bridgehead atoms. The molecule has 2 heterocycles. The smallest absolute Gasteiger partial charge is 0.418 e. The van der Waals surface area contributed by atoms with Gasteiger partial charge in [0, 0.05) is 26.7 Å². The Kier molecular flexibility index (Phi) is 14.8. The molecule has 0 atom stereocenters. The van der Waals surface area contributed by atoms with E-state index < -0.39 is 24.1 Å². The van der Waals surface area contributed by atoms with E-state index in [1.807, 2.05) is 0 Å². The van der Waals surface area contributed by atoms with Crippen molar-refractivity contribution in [3.63, 3.8) is 0 Å². The highest BCUT2D eigenvalue weighted by atomic mass is 16.7. The number of hydrogen-bond donors (Lipinski definition) is 0. The molecule has 2 aliphatic heterocycles. The summed E-state index contributed by atoms with van der Waals surface area (Å²) in [6, 6.07) is 0. The van der Waals surface area contributed by atoms with Crippen molar-refractivity contribution in [3.8, 4) is 0 Å². The van der Waals surface area contributed by atoms with Gasteiger partial charge in [-0.3, -0.25) is 29.4 Å². The summed E-state index contributed by atoms with van der Waals surface area (Å²) in [6.45, 7) is 3.95. The van der Waals surface area contributed by atoms with Gasteiger partial charge in [0.2, 0.25) is 13.6 Å². The monoisotopic (exact) mass is 538 g/mol. The molecule has 12 heteroatoms. The Bertz CT molecular complexity index is 777. The van der Waals surface area contributed by atoms with Crippen LogP contribution in [0.15, 0.2) is 9.98 Å². The molecule has 0 aromatic rings. The van der Waals surface area contributed by atoms with E-state index in [2.05, 4.69) is 19.5 Å². The van der Waals surface area contributed by atoms with Gasteiger partial charge in [-0.25, -0.2) is 9.59 Å². The zero-order valence-corrected chi connectivity index (χ0v) is 22.8. The summed E-state index contributed by atoms with van der Waals surface area (Å²) in [5.74, 6) is 0.526. The maximum atomic E-state index is 12.1. The first kappa shape index (κ1) is 31.0. The second-order valence-corrected chi connectivity index (χ2v) is 9.26. The second-order valence-electron chi connectivity index (χ2n) is 9.26. The number of ether oxygens (including phenoxy) is 4.